The number of benzene rings is 1. The van der Waals surface area contributed by atoms with Crippen LogP contribution in [-0.2, 0) is 0 Å². The summed E-state index contributed by atoms with van der Waals surface area (Å²) < 4.78 is 0. The first-order valence-electron chi connectivity index (χ1n) is 8.29. The Labute approximate surface area is 136 Å². The topological polar surface area (TPSA) is 56.6 Å². The van der Waals surface area contributed by atoms with Crippen molar-refractivity contribution in [1.82, 2.24) is 9.88 Å². The van der Waals surface area contributed by atoms with Crippen LogP contribution in [0.3, 0.4) is 0 Å². The van der Waals surface area contributed by atoms with Gasteiger partial charge in [-0.05, 0) is 61.1 Å². The average Bonchev–Trinajstić information content (AvgIpc) is 2.60. The second-order valence-corrected chi connectivity index (χ2v) is 6.79. The molecular formula is C19H22N2O2. The van der Waals surface area contributed by atoms with E-state index in [9.17, 15) is 10.2 Å². The molecule has 4 nitrogen and oxygen atoms in total. The van der Waals surface area contributed by atoms with Crippen molar-refractivity contribution in [3.63, 3.8) is 0 Å². The summed E-state index contributed by atoms with van der Waals surface area (Å²) in [6.45, 7) is 5.99. The molecule has 2 unspecified atom stereocenters. The molecule has 3 saturated heterocycles. The molecule has 0 spiro atoms. The van der Waals surface area contributed by atoms with Gasteiger partial charge in [0.1, 0.15) is 5.75 Å². The van der Waals surface area contributed by atoms with Crippen LogP contribution in [0.5, 0.6) is 5.75 Å². The van der Waals surface area contributed by atoms with Crippen molar-refractivity contribution in [3.8, 4) is 5.75 Å². The largest absolute Gasteiger partial charge is 0.508 e. The Kier molecular flexibility index (Phi) is 3.58. The summed E-state index contributed by atoms with van der Waals surface area (Å²) in [5, 5.41) is 21.7. The van der Waals surface area contributed by atoms with Gasteiger partial charge in [0.15, 0.2) is 0 Å². The summed E-state index contributed by atoms with van der Waals surface area (Å²) >= 11 is 0. The van der Waals surface area contributed by atoms with Crippen LogP contribution in [0.1, 0.15) is 24.5 Å². The smallest absolute Gasteiger partial charge is 0.116 e. The molecule has 0 radical (unpaired) electrons. The molecule has 120 valence electrons. The summed E-state index contributed by atoms with van der Waals surface area (Å²) in [5.41, 5.74) is 1.66. The Hall–Kier alpha value is -1.91. The normalized spacial score (nSPS) is 31.2. The molecule has 3 aliphatic rings. The van der Waals surface area contributed by atoms with E-state index in [1.807, 2.05) is 6.07 Å². The van der Waals surface area contributed by atoms with Crippen molar-refractivity contribution < 1.29 is 10.2 Å². The molecule has 3 fully saturated rings. The number of phenolic OH excluding ortho intramolecular Hbond substituents is 1. The van der Waals surface area contributed by atoms with Gasteiger partial charge < -0.3 is 10.2 Å². The summed E-state index contributed by atoms with van der Waals surface area (Å²) in [5.74, 6) is 1.38. The second kappa shape index (κ2) is 5.62. The maximum atomic E-state index is 11.0. The SMILES string of the molecule is C=C[C@H]1CN2CC[C@H]1C[C@@H]2C(O)c1ccnc2ccc(O)cc12. The highest BCUT2D eigenvalue weighted by Gasteiger charge is 2.42. The quantitative estimate of drug-likeness (QED) is 0.856. The number of aromatic hydroxyl groups is 1. The van der Waals surface area contributed by atoms with Gasteiger partial charge in [-0.25, -0.2) is 0 Å². The van der Waals surface area contributed by atoms with Gasteiger partial charge in [0, 0.05) is 24.2 Å². The predicted octanol–water partition coefficient (Wildman–Crippen LogP) is 2.87. The molecule has 1 aromatic heterocycles. The second-order valence-electron chi connectivity index (χ2n) is 6.79. The number of aliphatic hydroxyl groups is 1. The highest BCUT2D eigenvalue weighted by atomic mass is 16.3. The third-order valence-electron chi connectivity index (χ3n) is 5.60. The first kappa shape index (κ1) is 14.7. The summed E-state index contributed by atoms with van der Waals surface area (Å²) in [6.07, 6.45) is 5.44. The number of rotatable bonds is 3. The third kappa shape index (κ3) is 2.42. The van der Waals surface area contributed by atoms with E-state index in [1.54, 1.807) is 24.4 Å². The van der Waals surface area contributed by atoms with Crippen LogP contribution in [0.25, 0.3) is 10.9 Å². The lowest BCUT2D eigenvalue weighted by atomic mass is 9.73. The van der Waals surface area contributed by atoms with Crippen LogP contribution < -0.4 is 0 Å². The standard InChI is InChI=1S/C19H22N2O2/c1-2-12-11-21-8-6-13(12)9-18(21)19(23)15-5-7-20-17-4-3-14(22)10-16(15)17/h2-5,7,10,12-13,18-19,22-23H,1,6,8-9,11H2/t12-,13-,18+,19?/m0/s1. The van der Waals surface area contributed by atoms with E-state index in [-0.39, 0.29) is 11.8 Å². The molecule has 4 heterocycles. The van der Waals surface area contributed by atoms with E-state index < -0.39 is 6.10 Å². The monoisotopic (exact) mass is 310 g/mol. The lowest BCUT2D eigenvalue weighted by molar-refractivity contribution is -0.0444. The lowest BCUT2D eigenvalue weighted by Crippen LogP contribution is -2.54. The lowest BCUT2D eigenvalue weighted by Gasteiger charge is -2.50. The molecule has 0 saturated carbocycles. The zero-order chi connectivity index (χ0) is 16.0. The van der Waals surface area contributed by atoms with Crippen LogP contribution >= 0.6 is 0 Å². The third-order valence-corrected chi connectivity index (χ3v) is 5.60. The van der Waals surface area contributed by atoms with Gasteiger partial charge in [-0.1, -0.05) is 6.08 Å². The van der Waals surface area contributed by atoms with Crippen LogP contribution in [-0.4, -0.2) is 39.2 Å². The van der Waals surface area contributed by atoms with Crippen LogP contribution in [0.4, 0.5) is 0 Å². The molecule has 3 aliphatic heterocycles. The molecule has 2 bridgehead atoms. The van der Waals surface area contributed by atoms with Crippen molar-refractivity contribution in [2.45, 2.75) is 25.0 Å². The molecule has 1 aromatic carbocycles. The Balaban J connectivity index is 1.69. The number of phenols is 1. The number of pyridine rings is 1. The van der Waals surface area contributed by atoms with Gasteiger partial charge >= 0.3 is 0 Å². The molecular weight excluding hydrogens is 288 g/mol. The molecule has 4 heteroatoms. The van der Waals surface area contributed by atoms with E-state index >= 15 is 0 Å². The highest BCUT2D eigenvalue weighted by molar-refractivity contribution is 5.83. The van der Waals surface area contributed by atoms with E-state index in [0.717, 1.165) is 36.0 Å². The Morgan fingerprint density at radius 3 is 2.96 bits per heavy atom. The van der Waals surface area contributed by atoms with E-state index in [4.69, 9.17) is 0 Å². The summed E-state index contributed by atoms with van der Waals surface area (Å²) in [7, 11) is 0. The fourth-order valence-electron chi connectivity index (χ4n) is 4.33. The Morgan fingerprint density at radius 2 is 2.22 bits per heavy atom. The zero-order valence-electron chi connectivity index (χ0n) is 13.1. The van der Waals surface area contributed by atoms with Gasteiger partial charge in [0.25, 0.3) is 0 Å². The fraction of sp³-hybridized carbons (Fsp3) is 0.421. The van der Waals surface area contributed by atoms with Crippen molar-refractivity contribution in [1.29, 1.82) is 0 Å². The minimum Gasteiger partial charge on any atom is -0.508 e. The first-order valence-corrected chi connectivity index (χ1v) is 8.29. The van der Waals surface area contributed by atoms with E-state index in [0.29, 0.717) is 11.8 Å². The van der Waals surface area contributed by atoms with Crippen LogP contribution in [0, 0.1) is 11.8 Å². The predicted molar refractivity (Wildman–Crippen MR) is 90.1 cm³/mol. The molecule has 5 atom stereocenters. The molecule has 2 aromatic rings. The van der Waals surface area contributed by atoms with Gasteiger partial charge in [-0.15, -0.1) is 6.58 Å². The maximum absolute atomic E-state index is 11.0. The van der Waals surface area contributed by atoms with Gasteiger partial charge in [-0.2, -0.15) is 0 Å². The number of hydrogen-bond acceptors (Lipinski definition) is 4. The van der Waals surface area contributed by atoms with Crippen molar-refractivity contribution in [2.75, 3.05) is 13.1 Å². The minimum absolute atomic E-state index is 0.137. The van der Waals surface area contributed by atoms with Crippen LogP contribution in [0.2, 0.25) is 0 Å². The van der Waals surface area contributed by atoms with Crippen molar-refractivity contribution in [3.05, 3.63) is 48.7 Å². The number of nitrogens with zero attached hydrogens (tertiary/aromatic N) is 2. The van der Waals surface area contributed by atoms with Crippen LogP contribution in [0.15, 0.2) is 43.1 Å². The zero-order valence-corrected chi connectivity index (χ0v) is 13.1. The Bertz CT molecular complexity index is 745. The molecule has 0 amide bonds. The fourth-order valence-corrected chi connectivity index (χ4v) is 4.33. The van der Waals surface area contributed by atoms with E-state index in [1.165, 1.54) is 6.42 Å². The van der Waals surface area contributed by atoms with Gasteiger partial charge in [0.2, 0.25) is 0 Å². The van der Waals surface area contributed by atoms with E-state index in [2.05, 4.69) is 22.5 Å². The highest BCUT2D eigenvalue weighted by Crippen LogP contribution is 2.42. The first-order chi connectivity index (χ1) is 11.2. The summed E-state index contributed by atoms with van der Waals surface area (Å²) in [6, 6.07) is 7.14. The number of piperidine rings is 3. The molecule has 2 N–H and O–H groups in total. The molecule has 0 aliphatic carbocycles. The number of fused-ring (bicyclic) bond motifs is 4. The number of aromatic nitrogens is 1. The van der Waals surface area contributed by atoms with Gasteiger partial charge in [-0.3, -0.25) is 9.88 Å². The minimum atomic E-state index is -0.559. The summed E-state index contributed by atoms with van der Waals surface area (Å²) in [4.78, 5) is 6.73. The van der Waals surface area contributed by atoms with Gasteiger partial charge in [0.05, 0.1) is 11.6 Å². The Morgan fingerprint density at radius 1 is 1.35 bits per heavy atom. The number of aliphatic hydroxyl groups excluding tert-OH is 1. The maximum Gasteiger partial charge on any atom is 0.116 e. The molecule has 23 heavy (non-hydrogen) atoms. The van der Waals surface area contributed by atoms with Crippen molar-refractivity contribution >= 4 is 10.9 Å². The molecule has 5 rings (SSSR count). The number of hydrogen-bond donors (Lipinski definition) is 2. The average molecular weight is 310 g/mol. The van der Waals surface area contributed by atoms with Crippen molar-refractivity contribution in [2.24, 2.45) is 11.8 Å².